The summed E-state index contributed by atoms with van der Waals surface area (Å²) in [4.78, 5) is 17.7. The van der Waals surface area contributed by atoms with Crippen LogP contribution in [0.3, 0.4) is 0 Å². The highest BCUT2D eigenvalue weighted by atomic mass is 32.2. The second kappa shape index (κ2) is 6.28. The maximum atomic E-state index is 12.1. The van der Waals surface area contributed by atoms with Crippen molar-refractivity contribution in [2.24, 2.45) is 0 Å². The summed E-state index contributed by atoms with van der Waals surface area (Å²) in [5.74, 6) is -0.0362. The number of carbonyl (C=O) groups excluding carboxylic acids is 1. The summed E-state index contributed by atoms with van der Waals surface area (Å²) in [6.45, 7) is 0. The number of hydrogen-bond donors (Lipinski definition) is 1. The first-order valence-electron chi connectivity index (χ1n) is 6.53. The summed E-state index contributed by atoms with van der Waals surface area (Å²) in [6.07, 6.45) is 2.40. The van der Waals surface area contributed by atoms with E-state index >= 15 is 0 Å². The van der Waals surface area contributed by atoms with Crippen LogP contribution in [0.1, 0.15) is 5.56 Å². The number of thiazole rings is 1. The number of fused-ring (bicyclic) bond motifs is 1. The van der Waals surface area contributed by atoms with E-state index in [1.165, 1.54) is 11.3 Å². The Morgan fingerprint density at radius 1 is 1.19 bits per heavy atom. The molecule has 0 saturated carbocycles. The first-order chi connectivity index (χ1) is 10.3. The summed E-state index contributed by atoms with van der Waals surface area (Å²) in [6, 6.07) is 15.8. The number of carbonyl (C=O) groups is 1. The fourth-order valence-corrected chi connectivity index (χ4v) is 3.62. The van der Waals surface area contributed by atoms with Gasteiger partial charge in [-0.15, -0.1) is 11.8 Å². The molecule has 21 heavy (non-hydrogen) atoms. The van der Waals surface area contributed by atoms with Gasteiger partial charge in [0.05, 0.1) is 16.6 Å². The fraction of sp³-hybridized carbons (Fsp3) is 0.125. The number of amides is 1. The zero-order valence-corrected chi connectivity index (χ0v) is 13.1. The molecule has 1 heterocycles. The number of thioether (sulfide) groups is 1. The van der Waals surface area contributed by atoms with E-state index in [0.717, 1.165) is 20.7 Å². The number of anilines is 1. The molecule has 3 nitrogen and oxygen atoms in total. The van der Waals surface area contributed by atoms with Gasteiger partial charge < -0.3 is 5.32 Å². The molecule has 0 atom stereocenters. The van der Waals surface area contributed by atoms with E-state index in [9.17, 15) is 4.79 Å². The SMILES string of the molecule is CSc1cccc2sc(NC(=O)Cc3ccccc3)nc12. The van der Waals surface area contributed by atoms with Gasteiger partial charge in [0.1, 0.15) is 0 Å². The molecule has 0 unspecified atom stereocenters. The van der Waals surface area contributed by atoms with Crippen LogP contribution >= 0.6 is 23.1 Å². The molecule has 0 aliphatic rings. The summed E-state index contributed by atoms with van der Waals surface area (Å²) >= 11 is 3.17. The van der Waals surface area contributed by atoms with Crippen molar-refractivity contribution in [3.05, 3.63) is 54.1 Å². The lowest BCUT2D eigenvalue weighted by molar-refractivity contribution is -0.115. The monoisotopic (exact) mass is 314 g/mol. The first-order valence-corrected chi connectivity index (χ1v) is 8.58. The second-order valence-corrected chi connectivity index (χ2v) is 6.42. The van der Waals surface area contributed by atoms with E-state index in [4.69, 9.17) is 0 Å². The number of nitrogens with one attached hydrogen (secondary N) is 1. The van der Waals surface area contributed by atoms with Crippen molar-refractivity contribution in [3.8, 4) is 0 Å². The summed E-state index contributed by atoms with van der Waals surface area (Å²) < 4.78 is 1.09. The minimum absolute atomic E-state index is 0.0362. The molecular weight excluding hydrogens is 300 g/mol. The number of aromatic nitrogens is 1. The summed E-state index contributed by atoms with van der Waals surface area (Å²) in [5.41, 5.74) is 1.96. The van der Waals surface area contributed by atoms with Crippen LogP contribution in [-0.2, 0) is 11.2 Å². The van der Waals surface area contributed by atoms with Gasteiger partial charge in [0.2, 0.25) is 5.91 Å². The zero-order chi connectivity index (χ0) is 14.7. The topological polar surface area (TPSA) is 42.0 Å². The lowest BCUT2D eigenvalue weighted by Crippen LogP contribution is -2.14. The first kappa shape index (κ1) is 14.1. The highest BCUT2D eigenvalue weighted by Gasteiger charge is 2.10. The molecule has 0 aliphatic heterocycles. The molecule has 0 saturated heterocycles. The largest absolute Gasteiger partial charge is 0.302 e. The molecule has 0 bridgehead atoms. The van der Waals surface area contributed by atoms with Gasteiger partial charge in [0.15, 0.2) is 5.13 Å². The molecule has 3 aromatic rings. The molecule has 106 valence electrons. The Morgan fingerprint density at radius 3 is 2.76 bits per heavy atom. The molecule has 0 aliphatic carbocycles. The maximum Gasteiger partial charge on any atom is 0.230 e. The summed E-state index contributed by atoms with van der Waals surface area (Å²) in [5, 5.41) is 3.55. The quantitative estimate of drug-likeness (QED) is 0.734. The van der Waals surface area contributed by atoms with Gasteiger partial charge in [-0.2, -0.15) is 0 Å². The van der Waals surface area contributed by atoms with E-state index < -0.39 is 0 Å². The Labute approximate surface area is 131 Å². The molecular formula is C16H14N2OS2. The van der Waals surface area contributed by atoms with Crippen LogP contribution < -0.4 is 5.32 Å². The molecule has 3 rings (SSSR count). The molecule has 0 spiro atoms. The molecule has 1 amide bonds. The van der Waals surface area contributed by atoms with Crippen molar-refractivity contribution in [1.29, 1.82) is 0 Å². The third kappa shape index (κ3) is 3.25. The van der Waals surface area contributed by atoms with Gasteiger partial charge in [-0.1, -0.05) is 47.7 Å². The fourth-order valence-electron chi connectivity index (χ4n) is 2.09. The number of benzene rings is 2. The molecule has 0 radical (unpaired) electrons. The standard InChI is InChI=1S/C16H14N2OS2/c1-20-12-8-5-9-13-15(12)18-16(21-13)17-14(19)10-11-6-3-2-4-7-11/h2-9H,10H2,1H3,(H,17,18,19). The second-order valence-electron chi connectivity index (χ2n) is 4.54. The van der Waals surface area contributed by atoms with Crippen molar-refractivity contribution < 1.29 is 4.79 Å². The third-order valence-electron chi connectivity index (χ3n) is 3.06. The third-order valence-corrected chi connectivity index (χ3v) is 4.76. The van der Waals surface area contributed by atoms with Gasteiger partial charge in [0.25, 0.3) is 0 Å². The van der Waals surface area contributed by atoms with Crippen LogP contribution in [0.2, 0.25) is 0 Å². The molecule has 2 aromatic carbocycles. The predicted octanol–water partition coefficient (Wildman–Crippen LogP) is 4.20. The highest BCUT2D eigenvalue weighted by molar-refractivity contribution is 7.98. The average molecular weight is 314 g/mol. The van der Waals surface area contributed by atoms with E-state index in [-0.39, 0.29) is 5.91 Å². The van der Waals surface area contributed by atoms with Crippen molar-refractivity contribution in [3.63, 3.8) is 0 Å². The number of para-hydroxylation sites is 1. The van der Waals surface area contributed by atoms with Gasteiger partial charge in [-0.25, -0.2) is 4.98 Å². The van der Waals surface area contributed by atoms with Crippen molar-refractivity contribution in [2.45, 2.75) is 11.3 Å². The van der Waals surface area contributed by atoms with Crippen LogP contribution in [0.15, 0.2) is 53.4 Å². The Hall–Kier alpha value is -1.85. The Morgan fingerprint density at radius 2 is 2.00 bits per heavy atom. The Balaban J connectivity index is 1.77. The van der Waals surface area contributed by atoms with Crippen LogP contribution in [0.25, 0.3) is 10.2 Å². The van der Waals surface area contributed by atoms with Crippen molar-refractivity contribution >= 4 is 44.4 Å². The number of hydrogen-bond acceptors (Lipinski definition) is 4. The lowest BCUT2D eigenvalue weighted by Gasteiger charge is -2.01. The van der Waals surface area contributed by atoms with Crippen LogP contribution in [0.4, 0.5) is 5.13 Å². The van der Waals surface area contributed by atoms with Crippen molar-refractivity contribution in [1.82, 2.24) is 4.98 Å². The lowest BCUT2D eigenvalue weighted by atomic mass is 10.1. The van der Waals surface area contributed by atoms with Gasteiger partial charge in [-0.3, -0.25) is 4.79 Å². The average Bonchev–Trinajstić information content (AvgIpc) is 2.90. The van der Waals surface area contributed by atoms with Gasteiger partial charge in [0, 0.05) is 4.90 Å². The van der Waals surface area contributed by atoms with Gasteiger partial charge >= 0.3 is 0 Å². The minimum atomic E-state index is -0.0362. The number of rotatable bonds is 4. The zero-order valence-electron chi connectivity index (χ0n) is 11.5. The van der Waals surface area contributed by atoms with Crippen LogP contribution in [-0.4, -0.2) is 17.1 Å². The van der Waals surface area contributed by atoms with E-state index in [1.807, 2.05) is 54.8 Å². The van der Waals surface area contributed by atoms with E-state index in [0.29, 0.717) is 11.6 Å². The Bertz CT molecular complexity index is 768. The molecule has 5 heteroatoms. The minimum Gasteiger partial charge on any atom is -0.302 e. The Kier molecular flexibility index (Phi) is 4.22. The van der Waals surface area contributed by atoms with Crippen LogP contribution in [0, 0.1) is 0 Å². The molecule has 1 aromatic heterocycles. The maximum absolute atomic E-state index is 12.1. The molecule has 1 N–H and O–H groups in total. The number of nitrogens with zero attached hydrogens (tertiary/aromatic N) is 1. The molecule has 0 fully saturated rings. The van der Waals surface area contributed by atoms with E-state index in [1.54, 1.807) is 11.8 Å². The highest BCUT2D eigenvalue weighted by Crippen LogP contribution is 2.32. The van der Waals surface area contributed by atoms with Crippen LogP contribution in [0.5, 0.6) is 0 Å². The summed E-state index contributed by atoms with van der Waals surface area (Å²) in [7, 11) is 0. The smallest absolute Gasteiger partial charge is 0.230 e. The predicted molar refractivity (Wildman–Crippen MR) is 90.2 cm³/mol. The van der Waals surface area contributed by atoms with E-state index in [2.05, 4.69) is 10.3 Å². The normalized spacial score (nSPS) is 10.7. The van der Waals surface area contributed by atoms with Gasteiger partial charge in [-0.05, 0) is 24.0 Å². The van der Waals surface area contributed by atoms with Crippen molar-refractivity contribution in [2.75, 3.05) is 11.6 Å².